The Kier molecular flexibility index (Phi) is 7.25. The zero-order valence-corrected chi connectivity index (χ0v) is 18.7. The molecule has 8 heteroatoms. The van der Waals surface area contributed by atoms with Crippen LogP contribution in [0.3, 0.4) is 0 Å². The lowest BCUT2D eigenvalue weighted by molar-refractivity contribution is -0.116. The minimum Gasteiger partial charge on any atom is -0.489 e. The summed E-state index contributed by atoms with van der Waals surface area (Å²) in [6.45, 7) is 0.149. The molecule has 1 amide bonds. The molecule has 3 rings (SSSR count). The molecular weight excluding hydrogens is 468 g/mol. The molecular formula is C22H21BrN2O4S. The van der Waals surface area contributed by atoms with Gasteiger partial charge in [0.25, 0.3) is 0 Å². The Hall–Kier alpha value is -2.68. The maximum Gasteiger partial charge on any atom is 0.243 e. The lowest BCUT2D eigenvalue weighted by atomic mass is 10.2. The van der Waals surface area contributed by atoms with Gasteiger partial charge in [0, 0.05) is 17.2 Å². The summed E-state index contributed by atoms with van der Waals surface area (Å²) in [4.78, 5) is 12.4. The molecule has 0 bridgehead atoms. The zero-order chi connectivity index (χ0) is 21.6. The van der Waals surface area contributed by atoms with Gasteiger partial charge in [-0.3, -0.25) is 4.79 Å². The Bertz CT molecular complexity index is 1090. The standard InChI is InChI=1S/C22H21BrN2O4S/c1-25(30(27,28)21-13-7-18(23)8-14-21)15-22(26)24-19-9-11-20(12-10-19)29-16-17-5-3-2-4-6-17/h2-14H,15-16H2,1H3,(H,24,26). The minimum atomic E-state index is -3.75. The largest absolute Gasteiger partial charge is 0.489 e. The average Bonchev–Trinajstić information content (AvgIpc) is 2.74. The summed E-state index contributed by atoms with van der Waals surface area (Å²) in [6.07, 6.45) is 0. The number of hydrogen-bond acceptors (Lipinski definition) is 4. The van der Waals surface area contributed by atoms with E-state index in [0.717, 1.165) is 14.3 Å². The number of hydrogen-bond donors (Lipinski definition) is 1. The van der Waals surface area contributed by atoms with Gasteiger partial charge in [0.1, 0.15) is 12.4 Å². The van der Waals surface area contributed by atoms with E-state index in [9.17, 15) is 13.2 Å². The third-order valence-electron chi connectivity index (χ3n) is 4.27. The monoisotopic (exact) mass is 488 g/mol. The summed E-state index contributed by atoms with van der Waals surface area (Å²) in [7, 11) is -2.38. The highest BCUT2D eigenvalue weighted by Gasteiger charge is 2.22. The summed E-state index contributed by atoms with van der Waals surface area (Å²) in [5, 5.41) is 2.70. The number of anilines is 1. The number of sulfonamides is 1. The van der Waals surface area contributed by atoms with Crippen molar-refractivity contribution in [2.45, 2.75) is 11.5 Å². The maximum absolute atomic E-state index is 12.6. The van der Waals surface area contributed by atoms with Crippen molar-refractivity contribution in [1.82, 2.24) is 4.31 Å². The van der Waals surface area contributed by atoms with Crippen LogP contribution in [-0.4, -0.2) is 32.2 Å². The Morgan fingerprint density at radius 1 is 0.967 bits per heavy atom. The van der Waals surface area contributed by atoms with Crippen LogP contribution in [0, 0.1) is 0 Å². The van der Waals surface area contributed by atoms with Gasteiger partial charge < -0.3 is 10.1 Å². The highest BCUT2D eigenvalue weighted by atomic mass is 79.9. The molecule has 0 aromatic heterocycles. The quantitative estimate of drug-likeness (QED) is 0.513. The van der Waals surface area contributed by atoms with Gasteiger partial charge in [-0.05, 0) is 54.1 Å². The second kappa shape index (κ2) is 9.88. The third-order valence-corrected chi connectivity index (χ3v) is 6.62. The number of rotatable bonds is 8. The van der Waals surface area contributed by atoms with Crippen molar-refractivity contribution in [2.75, 3.05) is 18.9 Å². The number of nitrogens with one attached hydrogen (secondary N) is 1. The van der Waals surface area contributed by atoms with Crippen LogP contribution in [0.4, 0.5) is 5.69 Å². The van der Waals surface area contributed by atoms with Crippen LogP contribution < -0.4 is 10.1 Å². The number of nitrogens with zero attached hydrogens (tertiary/aromatic N) is 1. The van der Waals surface area contributed by atoms with E-state index < -0.39 is 15.9 Å². The Morgan fingerprint density at radius 3 is 2.23 bits per heavy atom. The number of carbonyl (C=O) groups is 1. The smallest absolute Gasteiger partial charge is 0.243 e. The second-order valence-corrected chi connectivity index (χ2v) is 9.52. The van der Waals surface area contributed by atoms with E-state index in [2.05, 4.69) is 21.2 Å². The summed E-state index contributed by atoms with van der Waals surface area (Å²) >= 11 is 3.27. The average molecular weight is 489 g/mol. The predicted molar refractivity (Wildman–Crippen MR) is 120 cm³/mol. The van der Waals surface area contributed by atoms with Crippen molar-refractivity contribution in [2.24, 2.45) is 0 Å². The lowest BCUT2D eigenvalue weighted by Gasteiger charge is -2.17. The number of likely N-dealkylation sites (N-methyl/N-ethyl adjacent to an activating group) is 1. The first kappa shape index (κ1) is 22.0. The molecule has 0 spiro atoms. The van der Waals surface area contributed by atoms with Gasteiger partial charge in [0.2, 0.25) is 15.9 Å². The topological polar surface area (TPSA) is 75.7 Å². The number of halogens is 1. The normalized spacial score (nSPS) is 11.3. The van der Waals surface area contributed by atoms with Crippen molar-refractivity contribution in [3.05, 3.63) is 88.9 Å². The molecule has 1 N–H and O–H groups in total. The molecule has 0 unspecified atom stereocenters. The fourth-order valence-corrected chi connectivity index (χ4v) is 4.04. The molecule has 0 radical (unpaired) electrons. The van der Waals surface area contributed by atoms with Gasteiger partial charge in [-0.25, -0.2) is 8.42 Å². The lowest BCUT2D eigenvalue weighted by Crippen LogP contribution is -2.34. The van der Waals surface area contributed by atoms with Crippen LogP contribution in [0.5, 0.6) is 5.75 Å². The molecule has 0 fully saturated rings. The van der Waals surface area contributed by atoms with Gasteiger partial charge in [-0.1, -0.05) is 46.3 Å². The van der Waals surface area contributed by atoms with E-state index in [4.69, 9.17) is 4.74 Å². The predicted octanol–water partition coefficient (Wildman–Crippen LogP) is 4.29. The van der Waals surface area contributed by atoms with Crippen molar-refractivity contribution in [1.29, 1.82) is 0 Å². The van der Waals surface area contributed by atoms with E-state index in [1.807, 2.05) is 30.3 Å². The fourth-order valence-electron chi connectivity index (χ4n) is 2.65. The molecule has 0 aliphatic rings. The van der Waals surface area contributed by atoms with Crippen LogP contribution in [-0.2, 0) is 21.4 Å². The van der Waals surface area contributed by atoms with Gasteiger partial charge in [0.15, 0.2) is 0 Å². The van der Waals surface area contributed by atoms with Crippen molar-refractivity contribution < 1.29 is 17.9 Å². The highest BCUT2D eigenvalue weighted by molar-refractivity contribution is 9.10. The van der Waals surface area contributed by atoms with Crippen LogP contribution >= 0.6 is 15.9 Å². The first-order chi connectivity index (χ1) is 14.3. The SMILES string of the molecule is CN(CC(=O)Nc1ccc(OCc2ccccc2)cc1)S(=O)(=O)c1ccc(Br)cc1. The van der Waals surface area contributed by atoms with Crippen LogP contribution in [0.15, 0.2) is 88.2 Å². The molecule has 3 aromatic rings. The van der Waals surface area contributed by atoms with Crippen LogP contribution in [0.1, 0.15) is 5.56 Å². The number of ether oxygens (including phenoxy) is 1. The minimum absolute atomic E-state index is 0.126. The second-order valence-electron chi connectivity index (χ2n) is 6.56. The third kappa shape index (κ3) is 5.91. The first-order valence-corrected chi connectivity index (χ1v) is 11.4. The fraction of sp³-hybridized carbons (Fsp3) is 0.136. The van der Waals surface area contributed by atoms with Crippen molar-refractivity contribution >= 4 is 37.5 Å². The van der Waals surface area contributed by atoms with E-state index in [0.29, 0.717) is 18.0 Å². The molecule has 6 nitrogen and oxygen atoms in total. The van der Waals surface area contributed by atoms with Gasteiger partial charge in [-0.15, -0.1) is 0 Å². The molecule has 0 aliphatic carbocycles. The molecule has 0 aliphatic heterocycles. The molecule has 3 aromatic carbocycles. The number of amides is 1. The first-order valence-electron chi connectivity index (χ1n) is 9.13. The maximum atomic E-state index is 12.6. The number of benzene rings is 3. The number of carbonyl (C=O) groups excluding carboxylic acids is 1. The van der Waals surface area contributed by atoms with Crippen molar-refractivity contribution in [3.63, 3.8) is 0 Å². The summed E-state index contributed by atoms with van der Waals surface area (Å²) in [6, 6.07) is 23.0. The molecule has 0 atom stereocenters. The van der Waals surface area contributed by atoms with Crippen LogP contribution in [0.25, 0.3) is 0 Å². The van der Waals surface area contributed by atoms with Gasteiger partial charge >= 0.3 is 0 Å². The highest BCUT2D eigenvalue weighted by Crippen LogP contribution is 2.19. The zero-order valence-electron chi connectivity index (χ0n) is 16.3. The van der Waals surface area contributed by atoms with Gasteiger partial charge in [-0.2, -0.15) is 4.31 Å². The van der Waals surface area contributed by atoms with E-state index >= 15 is 0 Å². The van der Waals surface area contributed by atoms with Crippen LogP contribution in [0.2, 0.25) is 0 Å². The summed E-state index contributed by atoms with van der Waals surface area (Å²) < 4.78 is 32.7. The summed E-state index contributed by atoms with van der Waals surface area (Å²) in [5.74, 6) is 0.239. The Balaban J connectivity index is 1.54. The summed E-state index contributed by atoms with van der Waals surface area (Å²) in [5.41, 5.74) is 1.62. The van der Waals surface area contributed by atoms with Crippen molar-refractivity contribution in [3.8, 4) is 5.75 Å². The Morgan fingerprint density at radius 2 is 1.60 bits per heavy atom. The molecule has 156 valence electrons. The molecule has 0 heterocycles. The molecule has 30 heavy (non-hydrogen) atoms. The van der Waals surface area contributed by atoms with E-state index in [1.165, 1.54) is 19.2 Å². The van der Waals surface area contributed by atoms with E-state index in [1.54, 1.807) is 36.4 Å². The van der Waals surface area contributed by atoms with E-state index in [-0.39, 0.29) is 11.4 Å². The molecule has 0 saturated carbocycles. The Labute approximate surface area is 184 Å². The molecule has 0 saturated heterocycles. The van der Waals surface area contributed by atoms with Gasteiger partial charge in [0.05, 0.1) is 11.4 Å².